The molecule has 0 fully saturated rings. The zero-order valence-electron chi connectivity index (χ0n) is 17.2. The lowest BCUT2D eigenvalue weighted by atomic mass is 9.98. The molecule has 0 amide bonds. The van der Waals surface area contributed by atoms with E-state index in [1.54, 1.807) is 12.1 Å². The Morgan fingerprint density at radius 2 is 1.52 bits per heavy atom. The molecule has 5 heteroatoms. The van der Waals surface area contributed by atoms with E-state index >= 15 is 0 Å². The van der Waals surface area contributed by atoms with Crippen LogP contribution in [-0.4, -0.2) is 20.8 Å². The van der Waals surface area contributed by atoms with Gasteiger partial charge < -0.3 is 5.11 Å². The van der Waals surface area contributed by atoms with Crippen molar-refractivity contribution >= 4 is 11.5 Å². The van der Waals surface area contributed by atoms with Crippen LogP contribution >= 0.6 is 0 Å². The zero-order valence-corrected chi connectivity index (χ0v) is 17.2. The Morgan fingerprint density at radius 3 is 2.26 bits per heavy atom. The van der Waals surface area contributed by atoms with E-state index in [0.717, 1.165) is 23.4 Å². The molecule has 4 aromatic rings. The highest BCUT2D eigenvalue weighted by Gasteiger charge is 2.31. The molecule has 2 heterocycles. The van der Waals surface area contributed by atoms with Crippen LogP contribution in [0.25, 0.3) is 11.4 Å². The van der Waals surface area contributed by atoms with Crippen molar-refractivity contribution in [2.45, 2.75) is 19.4 Å². The summed E-state index contributed by atoms with van der Waals surface area (Å²) >= 11 is 0. The van der Waals surface area contributed by atoms with Crippen LogP contribution in [-0.2, 0) is 0 Å². The average molecular weight is 406 g/mol. The number of aryl methyl sites for hydroxylation is 1. The Bertz CT molecular complexity index is 1240. The molecule has 0 saturated carbocycles. The first-order valence-electron chi connectivity index (χ1n) is 10.3. The lowest BCUT2D eigenvalue weighted by Crippen LogP contribution is -2.20. The maximum atomic E-state index is 10.3. The second-order valence-corrected chi connectivity index (χ2v) is 7.60. The lowest BCUT2D eigenvalue weighted by Gasteiger charge is -2.23. The van der Waals surface area contributed by atoms with Gasteiger partial charge in [0.15, 0.2) is 11.6 Å². The Balaban J connectivity index is 1.62. The highest BCUT2D eigenvalue weighted by atomic mass is 16.3. The standard InChI is InChI=1S/C26H22N4O/c1-18-16-25(28-26(27-18)21-14-8-9-15-24(21)31)30-23(20-12-6-3-7-13-20)17-22(29-30)19-10-4-2-5-11-19/h2-16,23,31H,17H2,1H3. The molecule has 5 rings (SSSR count). The van der Waals surface area contributed by atoms with Gasteiger partial charge in [-0.15, -0.1) is 0 Å². The minimum absolute atomic E-state index is 0.0305. The van der Waals surface area contributed by atoms with E-state index in [2.05, 4.69) is 29.2 Å². The minimum Gasteiger partial charge on any atom is -0.507 e. The number of anilines is 1. The molecule has 3 aromatic carbocycles. The van der Waals surface area contributed by atoms with Gasteiger partial charge in [0.2, 0.25) is 0 Å². The van der Waals surface area contributed by atoms with E-state index < -0.39 is 0 Å². The minimum atomic E-state index is 0.0305. The van der Waals surface area contributed by atoms with Crippen LogP contribution in [0, 0.1) is 6.92 Å². The predicted molar refractivity (Wildman–Crippen MR) is 123 cm³/mol. The number of aromatic hydroxyl groups is 1. The van der Waals surface area contributed by atoms with Crippen molar-refractivity contribution in [2.24, 2.45) is 5.10 Å². The maximum absolute atomic E-state index is 10.3. The fraction of sp³-hybridized carbons (Fsp3) is 0.115. The molecule has 0 aliphatic carbocycles. The number of hydrazone groups is 1. The highest BCUT2D eigenvalue weighted by molar-refractivity contribution is 6.03. The molecule has 0 spiro atoms. The summed E-state index contributed by atoms with van der Waals surface area (Å²) in [6.45, 7) is 1.93. The Kier molecular flexibility index (Phi) is 4.92. The molecule has 1 aliphatic rings. The molecule has 31 heavy (non-hydrogen) atoms. The van der Waals surface area contributed by atoms with Crippen LogP contribution in [0.5, 0.6) is 5.75 Å². The third kappa shape index (κ3) is 3.78. The van der Waals surface area contributed by atoms with Gasteiger partial charge in [0.25, 0.3) is 0 Å². The number of aromatic nitrogens is 2. The van der Waals surface area contributed by atoms with Gasteiger partial charge in [-0.25, -0.2) is 15.0 Å². The first kappa shape index (κ1) is 19.0. The van der Waals surface area contributed by atoms with Gasteiger partial charge >= 0.3 is 0 Å². The van der Waals surface area contributed by atoms with Crippen LogP contribution in [0.1, 0.15) is 29.3 Å². The quantitative estimate of drug-likeness (QED) is 0.485. The van der Waals surface area contributed by atoms with E-state index in [9.17, 15) is 5.11 Å². The van der Waals surface area contributed by atoms with Crippen molar-refractivity contribution in [1.29, 1.82) is 0 Å². The molecule has 5 nitrogen and oxygen atoms in total. The van der Waals surface area contributed by atoms with Crippen LogP contribution in [0.2, 0.25) is 0 Å². The molecule has 1 aliphatic heterocycles. The van der Waals surface area contributed by atoms with Crippen molar-refractivity contribution in [3.05, 3.63) is 108 Å². The van der Waals surface area contributed by atoms with Gasteiger partial charge in [0.1, 0.15) is 5.75 Å². The Labute approximate surface area is 181 Å². The summed E-state index contributed by atoms with van der Waals surface area (Å²) in [4.78, 5) is 9.36. The molecule has 1 N–H and O–H groups in total. The van der Waals surface area contributed by atoms with Gasteiger partial charge in [-0.3, -0.25) is 0 Å². The number of hydrogen-bond donors (Lipinski definition) is 1. The average Bonchev–Trinajstić information content (AvgIpc) is 3.26. The number of para-hydroxylation sites is 1. The fourth-order valence-electron chi connectivity index (χ4n) is 3.91. The number of hydrogen-bond acceptors (Lipinski definition) is 5. The third-order valence-corrected chi connectivity index (χ3v) is 5.42. The van der Waals surface area contributed by atoms with Gasteiger partial charge in [-0.2, -0.15) is 5.10 Å². The number of phenols is 1. The van der Waals surface area contributed by atoms with Crippen LogP contribution in [0.3, 0.4) is 0 Å². The molecule has 152 valence electrons. The van der Waals surface area contributed by atoms with Crippen LogP contribution < -0.4 is 5.01 Å². The molecule has 0 saturated heterocycles. The number of rotatable bonds is 4. The Hall–Kier alpha value is -3.99. The second kappa shape index (κ2) is 8.03. The summed E-state index contributed by atoms with van der Waals surface area (Å²) in [6, 6.07) is 29.7. The Morgan fingerprint density at radius 1 is 0.839 bits per heavy atom. The highest BCUT2D eigenvalue weighted by Crippen LogP contribution is 2.37. The van der Waals surface area contributed by atoms with Gasteiger partial charge in [-0.05, 0) is 30.2 Å². The lowest BCUT2D eigenvalue weighted by molar-refractivity contribution is 0.477. The molecule has 0 radical (unpaired) electrons. The number of nitrogens with zero attached hydrogens (tertiary/aromatic N) is 4. The zero-order chi connectivity index (χ0) is 21.2. The number of benzene rings is 3. The predicted octanol–water partition coefficient (Wildman–Crippen LogP) is 5.51. The van der Waals surface area contributed by atoms with Crippen molar-refractivity contribution in [2.75, 3.05) is 5.01 Å². The van der Waals surface area contributed by atoms with Crippen molar-refractivity contribution in [3.63, 3.8) is 0 Å². The largest absolute Gasteiger partial charge is 0.507 e. The first-order valence-corrected chi connectivity index (χ1v) is 10.3. The monoisotopic (exact) mass is 406 g/mol. The van der Waals surface area contributed by atoms with Crippen LogP contribution in [0.4, 0.5) is 5.82 Å². The van der Waals surface area contributed by atoms with E-state index in [0.29, 0.717) is 17.2 Å². The summed E-state index contributed by atoms with van der Waals surface area (Å²) in [7, 11) is 0. The third-order valence-electron chi connectivity index (χ3n) is 5.42. The fourth-order valence-corrected chi connectivity index (χ4v) is 3.91. The SMILES string of the molecule is Cc1cc(N2N=C(c3ccccc3)CC2c2ccccc2)nc(-c2ccccc2O)n1. The molecule has 1 unspecified atom stereocenters. The van der Waals surface area contributed by atoms with E-state index in [-0.39, 0.29) is 11.8 Å². The number of phenolic OH excluding ortho intramolecular Hbond substituents is 1. The first-order chi connectivity index (χ1) is 15.2. The van der Waals surface area contributed by atoms with E-state index in [4.69, 9.17) is 10.1 Å². The summed E-state index contributed by atoms with van der Waals surface area (Å²) < 4.78 is 0. The summed E-state index contributed by atoms with van der Waals surface area (Å²) in [5.41, 5.74) is 4.73. The summed E-state index contributed by atoms with van der Waals surface area (Å²) in [5.74, 6) is 1.36. The molecular formula is C26H22N4O. The smallest absolute Gasteiger partial charge is 0.165 e. The molecule has 0 bridgehead atoms. The molecule has 1 aromatic heterocycles. The second-order valence-electron chi connectivity index (χ2n) is 7.60. The van der Waals surface area contributed by atoms with Gasteiger partial charge in [-0.1, -0.05) is 72.8 Å². The van der Waals surface area contributed by atoms with Gasteiger partial charge in [0.05, 0.1) is 17.3 Å². The van der Waals surface area contributed by atoms with Crippen molar-refractivity contribution in [3.8, 4) is 17.1 Å². The normalized spacial score (nSPS) is 15.7. The van der Waals surface area contributed by atoms with Crippen molar-refractivity contribution in [1.82, 2.24) is 9.97 Å². The molecule has 1 atom stereocenters. The maximum Gasteiger partial charge on any atom is 0.165 e. The van der Waals surface area contributed by atoms with Crippen LogP contribution in [0.15, 0.2) is 96.1 Å². The van der Waals surface area contributed by atoms with E-state index in [1.165, 1.54) is 5.56 Å². The van der Waals surface area contributed by atoms with Gasteiger partial charge in [0, 0.05) is 18.2 Å². The molecular weight excluding hydrogens is 384 g/mol. The summed E-state index contributed by atoms with van der Waals surface area (Å²) in [5, 5.41) is 17.3. The van der Waals surface area contributed by atoms with Crippen molar-refractivity contribution < 1.29 is 5.11 Å². The van der Waals surface area contributed by atoms with E-state index in [1.807, 2.05) is 66.5 Å². The topological polar surface area (TPSA) is 61.6 Å². The summed E-state index contributed by atoms with van der Waals surface area (Å²) in [6.07, 6.45) is 0.781.